The fourth-order valence-electron chi connectivity index (χ4n) is 2.67. The Morgan fingerprint density at radius 1 is 1.00 bits per heavy atom. The minimum atomic E-state index is -1.24. The van der Waals surface area contributed by atoms with Crippen molar-refractivity contribution in [3.8, 4) is 5.75 Å². The van der Waals surface area contributed by atoms with E-state index in [4.69, 9.17) is 4.74 Å². The Hall–Kier alpha value is -2.14. The molecule has 3 nitrogen and oxygen atoms in total. The van der Waals surface area contributed by atoms with Crippen LogP contribution in [0, 0.1) is 0 Å². The first-order valence-corrected chi connectivity index (χ1v) is 9.58. The summed E-state index contributed by atoms with van der Waals surface area (Å²) in [5.41, 5.74) is 0.268. The predicted molar refractivity (Wildman–Crippen MR) is 116 cm³/mol. The molecule has 0 fully saturated rings. The Kier molecular flexibility index (Phi) is 8.04. The molecule has 0 aliphatic carbocycles. The molecule has 1 N–H and O–H groups in total. The zero-order valence-electron chi connectivity index (χ0n) is 15.6. The van der Waals surface area contributed by atoms with Crippen molar-refractivity contribution in [2.24, 2.45) is 0 Å². The third kappa shape index (κ3) is 5.93. The molecule has 0 aliphatic heterocycles. The van der Waals surface area contributed by atoms with E-state index >= 15 is 0 Å². The van der Waals surface area contributed by atoms with Gasteiger partial charge in [0.25, 0.3) is 0 Å². The van der Waals surface area contributed by atoms with Gasteiger partial charge < -0.3 is 9.84 Å². The Morgan fingerprint density at radius 2 is 1.59 bits per heavy atom. The van der Waals surface area contributed by atoms with Crippen molar-refractivity contribution in [3.05, 3.63) is 102 Å². The lowest BCUT2D eigenvalue weighted by atomic mass is 9.86. The van der Waals surface area contributed by atoms with Crippen LogP contribution in [0.15, 0.2) is 90.5 Å². The van der Waals surface area contributed by atoms with Gasteiger partial charge in [-0.2, -0.15) is 0 Å². The highest BCUT2D eigenvalue weighted by Crippen LogP contribution is 2.32. The van der Waals surface area contributed by atoms with Gasteiger partial charge in [-0.3, -0.25) is 4.90 Å². The van der Waals surface area contributed by atoms with Gasteiger partial charge in [-0.25, -0.2) is 0 Å². The van der Waals surface area contributed by atoms with Crippen LogP contribution in [-0.4, -0.2) is 36.8 Å². The quantitative estimate of drug-likeness (QED) is 0.545. The van der Waals surface area contributed by atoms with Gasteiger partial charge in [-0.1, -0.05) is 71.1 Å². The van der Waals surface area contributed by atoms with Crippen LogP contribution in [0.5, 0.6) is 5.75 Å². The molecule has 2 aromatic rings. The first-order chi connectivity index (χ1) is 13.0. The summed E-state index contributed by atoms with van der Waals surface area (Å²) in [5, 5.41) is 11.1. The standard InChI is InChI=1S/C23H26BrNO2/c1-4-16-25(3)17-6-7-18-27-22-14-10-20(11-15-22)23(26,5-2)19-8-12-21(24)13-9-19/h4-15,26H,1-2,16-18H2,3H3. The molecule has 0 aromatic heterocycles. The number of halogens is 1. The molecule has 2 aromatic carbocycles. The van der Waals surface area contributed by atoms with Crippen LogP contribution in [0.4, 0.5) is 0 Å². The van der Waals surface area contributed by atoms with Gasteiger partial charge >= 0.3 is 0 Å². The van der Waals surface area contributed by atoms with Crippen molar-refractivity contribution in [2.75, 3.05) is 26.7 Å². The molecule has 0 aliphatic rings. The minimum Gasteiger partial charge on any atom is -0.490 e. The zero-order valence-corrected chi connectivity index (χ0v) is 17.2. The van der Waals surface area contributed by atoms with Crippen LogP contribution in [0.1, 0.15) is 11.1 Å². The van der Waals surface area contributed by atoms with E-state index in [-0.39, 0.29) is 0 Å². The van der Waals surface area contributed by atoms with Gasteiger partial charge in [-0.15, -0.1) is 6.58 Å². The number of benzene rings is 2. The topological polar surface area (TPSA) is 32.7 Å². The minimum absolute atomic E-state index is 0.500. The van der Waals surface area contributed by atoms with E-state index < -0.39 is 5.60 Å². The Bertz CT molecular complexity index is 768. The summed E-state index contributed by atoms with van der Waals surface area (Å²) in [6.45, 7) is 9.75. The highest BCUT2D eigenvalue weighted by Gasteiger charge is 2.27. The van der Waals surface area contributed by atoms with Crippen LogP contribution in [0.3, 0.4) is 0 Å². The average Bonchev–Trinajstić information content (AvgIpc) is 2.68. The maximum absolute atomic E-state index is 11.1. The van der Waals surface area contributed by atoms with E-state index in [1.165, 1.54) is 0 Å². The number of rotatable bonds is 10. The molecular formula is C23H26BrNO2. The van der Waals surface area contributed by atoms with Crippen LogP contribution in [0.2, 0.25) is 0 Å². The molecule has 0 amide bonds. The molecule has 142 valence electrons. The number of hydrogen-bond donors (Lipinski definition) is 1. The summed E-state index contributed by atoms with van der Waals surface area (Å²) >= 11 is 3.41. The molecule has 0 bridgehead atoms. The van der Waals surface area contributed by atoms with Crippen LogP contribution in [-0.2, 0) is 5.60 Å². The summed E-state index contributed by atoms with van der Waals surface area (Å²) in [6.07, 6.45) is 7.50. The Morgan fingerprint density at radius 3 is 2.15 bits per heavy atom. The monoisotopic (exact) mass is 427 g/mol. The number of ether oxygens (including phenoxy) is 1. The molecule has 0 heterocycles. The van der Waals surface area contributed by atoms with E-state index in [9.17, 15) is 5.11 Å². The van der Waals surface area contributed by atoms with E-state index in [2.05, 4.69) is 40.1 Å². The second kappa shape index (κ2) is 10.3. The second-order valence-corrected chi connectivity index (χ2v) is 7.21. The number of hydrogen-bond acceptors (Lipinski definition) is 3. The lowest BCUT2D eigenvalue weighted by Gasteiger charge is -2.26. The smallest absolute Gasteiger partial charge is 0.133 e. The van der Waals surface area contributed by atoms with Gasteiger partial charge in [0.15, 0.2) is 0 Å². The van der Waals surface area contributed by atoms with Gasteiger partial charge in [0, 0.05) is 17.6 Å². The summed E-state index contributed by atoms with van der Waals surface area (Å²) < 4.78 is 6.69. The summed E-state index contributed by atoms with van der Waals surface area (Å²) in [4.78, 5) is 2.15. The van der Waals surface area contributed by atoms with Crippen LogP contribution >= 0.6 is 15.9 Å². The maximum atomic E-state index is 11.1. The normalized spacial score (nSPS) is 13.5. The average molecular weight is 428 g/mol. The van der Waals surface area contributed by atoms with Crippen molar-refractivity contribution in [1.82, 2.24) is 4.90 Å². The fraction of sp³-hybridized carbons (Fsp3) is 0.217. The molecule has 1 unspecified atom stereocenters. The first-order valence-electron chi connectivity index (χ1n) is 8.79. The molecule has 27 heavy (non-hydrogen) atoms. The van der Waals surface area contributed by atoms with Gasteiger partial charge in [0.05, 0.1) is 0 Å². The number of likely N-dealkylation sites (N-methyl/N-ethyl adjacent to an activating group) is 1. The van der Waals surface area contributed by atoms with E-state index in [0.717, 1.165) is 34.4 Å². The van der Waals surface area contributed by atoms with Crippen molar-refractivity contribution in [3.63, 3.8) is 0 Å². The van der Waals surface area contributed by atoms with Crippen molar-refractivity contribution >= 4 is 15.9 Å². The molecule has 0 radical (unpaired) electrons. The predicted octanol–water partition coefficient (Wildman–Crippen LogP) is 4.92. The molecule has 1 atom stereocenters. The summed E-state index contributed by atoms with van der Waals surface area (Å²) in [6, 6.07) is 15.0. The Labute approximate surface area is 170 Å². The third-order valence-electron chi connectivity index (χ3n) is 4.24. The van der Waals surface area contributed by atoms with Crippen molar-refractivity contribution in [2.45, 2.75) is 5.60 Å². The molecule has 0 spiro atoms. The first kappa shape index (κ1) is 21.2. The number of aliphatic hydroxyl groups is 1. The third-order valence-corrected chi connectivity index (χ3v) is 4.77. The van der Waals surface area contributed by atoms with Gasteiger partial charge in [-0.05, 0) is 42.4 Å². The van der Waals surface area contributed by atoms with E-state index in [1.807, 2.05) is 67.7 Å². The van der Waals surface area contributed by atoms with Crippen LogP contribution in [0.25, 0.3) is 0 Å². The van der Waals surface area contributed by atoms with E-state index in [1.54, 1.807) is 6.08 Å². The molecule has 0 saturated carbocycles. The maximum Gasteiger partial charge on any atom is 0.133 e. The van der Waals surface area contributed by atoms with Crippen molar-refractivity contribution < 1.29 is 9.84 Å². The lowest BCUT2D eigenvalue weighted by molar-refractivity contribution is 0.135. The van der Waals surface area contributed by atoms with Crippen LogP contribution < -0.4 is 4.74 Å². The largest absolute Gasteiger partial charge is 0.490 e. The van der Waals surface area contributed by atoms with Crippen molar-refractivity contribution in [1.29, 1.82) is 0 Å². The molecule has 0 saturated heterocycles. The van der Waals surface area contributed by atoms with Gasteiger partial charge in [0.1, 0.15) is 18.0 Å². The van der Waals surface area contributed by atoms with E-state index in [0.29, 0.717) is 6.61 Å². The molecule has 4 heteroatoms. The summed E-state index contributed by atoms with van der Waals surface area (Å²) in [7, 11) is 2.04. The SMILES string of the molecule is C=CCN(C)CC=CCOc1ccc(C(O)(C=C)c2ccc(Br)cc2)cc1. The highest BCUT2D eigenvalue weighted by atomic mass is 79.9. The van der Waals surface area contributed by atoms with Gasteiger partial charge in [0.2, 0.25) is 0 Å². The lowest BCUT2D eigenvalue weighted by Crippen LogP contribution is -2.24. The second-order valence-electron chi connectivity index (χ2n) is 6.29. The Balaban J connectivity index is 1.99. The highest BCUT2D eigenvalue weighted by molar-refractivity contribution is 9.10. The fourth-order valence-corrected chi connectivity index (χ4v) is 2.94. The summed E-state index contributed by atoms with van der Waals surface area (Å²) in [5.74, 6) is 0.755. The molecular weight excluding hydrogens is 402 g/mol. The molecule has 2 rings (SSSR count). The number of nitrogens with zero attached hydrogens (tertiary/aromatic N) is 1. The zero-order chi connectivity index (χ0) is 19.7.